The highest BCUT2D eigenvalue weighted by Crippen LogP contribution is 2.27. The van der Waals surface area contributed by atoms with Gasteiger partial charge in [0.1, 0.15) is 11.5 Å². The Balaban J connectivity index is 1.75. The number of amides is 1. The van der Waals surface area contributed by atoms with E-state index in [1.54, 1.807) is 19.4 Å². The lowest BCUT2D eigenvalue weighted by Crippen LogP contribution is -2.18. The van der Waals surface area contributed by atoms with Crippen molar-refractivity contribution in [3.63, 3.8) is 0 Å². The van der Waals surface area contributed by atoms with E-state index in [-0.39, 0.29) is 12.0 Å². The number of hydrazone groups is 1. The van der Waals surface area contributed by atoms with Gasteiger partial charge < -0.3 is 9.47 Å². The van der Waals surface area contributed by atoms with Crippen LogP contribution < -0.4 is 14.9 Å². The van der Waals surface area contributed by atoms with E-state index in [0.29, 0.717) is 11.3 Å². The second kappa shape index (κ2) is 8.89. The lowest BCUT2D eigenvalue weighted by Gasteiger charge is -2.11. The lowest BCUT2D eigenvalue weighted by atomic mass is 10.1. The number of nitrogens with one attached hydrogen (secondary N) is 1. The van der Waals surface area contributed by atoms with Crippen molar-refractivity contribution < 1.29 is 14.3 Å². The molecule has 3 rings (SSSR count). The normalized spacial score (nSPS) is 11.2. The molecule has 0 bridgehead atoms. The quantitative estimate of drug-likeness (QED) is 0.425. The summed E-state index contributed by atoms with van der Waals surface area (Å²) in [5.41, 5.74) is 3.82. The Bertz CT molecular complexity index is 1030. The van der Waals surface area contributed by atoms with Crippen LogP contribution in [0.5, 0.6) is 11.5 Å². The smallest absolute Gasteiger partial charge is 0.275 e. The van der Waals surface area contributed by atoms with Crippen LogP contribution in [0.1, 0.15) is 29.8 Å². The molecule has 0 atom stereocenters. The molecule has 5 nitrogen and oxygen atoms in total. The maximum Gasteiger partial charge on any atom is 0.275 e. The van der Waals surface area contributed by atoms with Gasteiger partial charge in [-0.2, -0.15) is 5.10 Å². The molecule has 0 fully saturated rings. The van der Waals surface area contributed by atoms with E-state index >= 15 is 0 Å². The fourth-order valence-electron chi connectivity index (χ4n) is 2.74. The number of carbonyl (C=O) groups excluding carboxylic acids is 1. The van der Waals surface area contributed by atoms with Crippen LogP contribution in [0.3, 0.4) is 0 Å². The van der Waals surface area contributed by atoms with Gasteiger partial charge in [-0.3, -0.25) is 4.79 Å². The Morgan fingerprint density at radius 2 is 1.79 bits per heavy atom. The van der Waals surface area contributed by atoms with Crippen molar-refractivity contribution in [2.24, 2.45) is 5.10 Å². The topological polar surface area (TPSA) is 59.9 Å². The molecule has 0 saturated carbocycles. The van der Waals surface area contributed by atoms with Gasteiger partial charge in [-0.1, -0.05) is 24.3 Å². The molecule has 0 aliphatic heterocycles. The number of hydrogen-bond acceptors (Lipinski definition) is 4. The van der Waals surface area contributed by atoms with E-state index < -0.39 is 0 Å². The molecule has 0 aliphatic rings. The van der Waals surface area contributed by atoms with Gasteiger partial charge in [0.15, 0.2) is 0 Å². The van der Waals surface area contributed by atoms with Gasteiger partial charge in [-0.05, 0) is 76.4 Å². The first kappa shape index (κ1) is 19.9. The van der Waals surface area contributed by atoms with Crippen molar-refractivity contribution in [1.29, 1.82) is 0 Å². The van der Waals surface area contributed by atoms with Crippen molar-refractivity contribution in [1.82, 2.24) is 5.43 Å². The van der Waals surface area contributed by atoms with Gasteiger partial charge >= 0.3 is 0 Å². The summed E-state index contributed by atoms with van der Waals surface area (Å²) in [4.78, 5) is 12.6. The van der Waals surface area contributed by atoms with Crippen molar-refractivity contribution in [2.45, 2.75) is 20.0 Å². The third-order valence-electron chi connectivity index (χ3n) is 4.01. The summed E-state index contributed by atoms with van der Waals surface area (Å²) in [7, 11) is 1.54. The first-order chi connectivity index (χ1) is 13.5. The summed E-state index contributed by atoms with van der Waals surface area (Å²) in [6.07, 6.45) is 1.67. The minimum atomic E-state index is -0.335. The van der Waals surface area contributed by atoms with E-state index in [9.17, 15) is 4.79 Å². The van der Waals surface area contributed by atoms with Crippen molar-refractivity contribution in [3.05, 3.63) is 70.2 Å². The fourth-order valence-corrected chi connectivity index (χ4v) is 3.23. The van der Waals surface area contributed by atoms with Crippen LogP contribution in [0.2, 0.25) is 0 Å². The number of carbonyl (C=O) groups is 1. The molecule has 0 aliphatic carbocycles. The molecule has 0 saturated heterocycles. The monoisotopic (exact) mass is 440 g/mol. The molecule has 28 heavy (non-hydrogen) atoms. The Kier molecular flexibility index (Phi) is 6.31. The number of benzene rings is 3. The van der Waals surface area contributed by atoms with Crippen LogP contribution >= 0.6 is 15.9 Å². The molecule has 1 amide bonds. The van der Waals surface area contributed by atoms with Crippen LogP contribution in [0.4, 0.5) is 0 Å². The van der Waals surface area contributed by atoms with Crippen LogP contribution in [0.25, 0.3) is 10.8 Å². The van der Waals surface area contributed by atoms with E-state index in [2.05, 4.69) is 26.5 Å². The number of nitrogens with zero attached hydrogens (tertiary/aromatic N) is 1. The van der Waals surface area contributed by atoms with Crippen LogP contribution in [0.15, 0.2) is 64.2 Å². The first-order valence-electron chi connectivity index (χ1n) is 8.84. The van der Waals surface area contributed by atoms with Gasteiger partial charge in [-0.25, -0.2) is 5.43 Å². The molecule has 0 spiro atoms. The van der Waals surface area contributed by atoms with Crippen molar-refractivity contribution >= 4 is 38.8 Å². The Morgan fingerprint density at radius 1 is 1.07 bits per heavy atom. The number of hydrogen-bond donors (Lipinski definition) is 1. The summed E-state index contributed by atoms with van der Waals surface area (Å²) in [6, 6.07) is 17.1. The zero-order valence-corrected chi connectivity index (χ0v) is 17.5. The van der Waals surface area contributed by atoms with Crippen LogP contribution in [0, 0.1) is 0 Å². The molecule has 0 aromatic heterocycles. The van der Waals surface area contributed by atoms with E-state index in [1.807, 2.05) is 62.4 Å². The maximum absolute atomic E-state index is 12.6. The molecule has 3 aromatic rings. The van der Waals surface area contributed by atoms with Crippen LogP contribution in [-0.2, 0) is 0 Å². The molecule has 0 heterocycles. The fraction of sp³-hybridized carbons (Fsp3) is 0.182. The maximum atomic E-state index is 12.6. The SMILES string of the molecule is COc1cc2ccccc2cc1C(=O)N/N=C\c1ccc(OC(C)C)c(Br)c1. The predicted octanol–water partition coefficient (Wildman–Crippen LogP) is 5.16. The van der Waals surface area contributed by atoms with Gasteiger partial charge in [0.05, 0.1) is 29.5 Å². The van der Waals surface area contributed by atoms with Gasteiger partial charge in [0.2, 0.25) is 0 Å². The number of fused-ring (bicyclic) bond motifs is 1. The predicted molar refractivity (Wildman–Crippen MR) is 115 cm³/mol. The van der Waals surface area contributed by atoms with Gasteiger partial charge in [0.25, 0.3) is 5.91 Å². The minimum absolute atomic E-state index is 0.0899. The zero-order chi connectivity index (χ0) is 20.1. The molecular formula is C22H21BrN2O3. The summed E-state index contributed by atoms with van der Waals surface area (Å²) >= 11 is 3.48. The summed E-state index contributed by atoms with van der Waals surface area (Å²) in [5, 5.41) is 6.03. The summed E-state index contributed by atoms with van der Waals surface area (Å²) < 4.78 is 11.9. The molecule has 3 aromatic carbocycles. The highest BCUT2D eigenvalue weighted by Gasteiger charge is 2.13. The van der Waals surface area contributed by atoms with E-state index in [1.165, 1.54) is 0 Å². The first-order valence-corrected chi connectivity index (χ1v) is 9.63. The highest BCUT2D eigenvalue weighted by atomic mass is 79.9. The average molecular weight is 441 g/mol. The number of ether oxygens (including phenoxy) is 2. The standard InChI is InChI=1S/C22H21BrN2O3/c1-14(2)28-20-9-8-15(10-19(20)23)13-24-25-22(26)18-11-16-6-4-5-7-17(16)12-21(18)27-3/h4-14H,1-3H3,(H,25,26)/b24-13-. The van der Waals surface area contributed by atoms with Crippen molar-refractivity contribution in [3.8, 4) is 11.5 Å². The van der Waals surface area contributed by atoms with Gasteiger partial charge in [-0.15, -0.1) is 0 Å². The third-order valence-corrected chi connectivity index (χ3v) is 4.63. The Morgan fingerprint density at radius 3 is 2.43 bits per heavy atom. The summed E-state index contributed by atoms with van der Waals surface area (Å²) in [6.45, 7) is 3.94. The van der Waals surface area contributed by atoms with Gasteiger partial charge in [0, 0.05) is 0 Å². The Hall–Kier alpha value is -2.86. The highest BCUT2D eigenvalue weighted by molar-refractivity contribution is 9.10. The number of halogens is 1. The molecule has 0 unspecified atom stereocenters. The second-order valence-electron chi connectivity index (χ2n) is 6.46. The molecule has 1 N–H and O–H groups in total. The summed E-state index contributed by atoms with van der Waals surface area (Å²) in [5.74, 6) is 0.930. The molecule has 0 radical (unpaired) electrons. The molecule has 6 heteroatoms. The third kappa shape index (κ3) is 4.70. The molecular weight excluding hydrogens is 420 g/mol. The minimum Gasteiger partial charge on any atom is -0.496 e. The van der Waals surface area contributed by atoms with Crippen molar-refractivity contribution in [2.75, 3.05) is 7.11 Å². The number of methoxy groups -OCH3 is 1. The lowest BCUT2D eigenvalue weighted by molar-refractivity contribution is 0.0952. The molecule has 144 valence electrons. The van der Waals surface area contributed by atoms with Crippen LogP contribution in [-0.4, -0.2) is 25.3 Å². The largest absolute Gasteiger partial charge is 0.496 e. The number of rotatable bonds is 6. The second-order valence-corrected chi connectivity index (χ2v) is 7.31. The zero-order valence-electron chi connectivity index (χ0n) is 15.9. The Labute approximate surface area is 172 Å². The average Bonchev–Trinajstić information content (AvgIpc) is 2.68. The van der Waals surface area contributed by atoms with E-state index in [0.717, 1.165) is 26.6 Å². The van der Waals surface area contributed by atoms with E-state index in [4.69, 9.17) is 9.47 Å².